The van der Waals surface area contributed by atoms with Gasteiger partial charge in [0.15, 0.2) is 0 Å². The van der Waals surface area contributed by atoms with Gasteiger partial charge in [-0.2, -0.15) is 0 Å². The topological polar surface area (TPSA) is 50.4 Å². The molecule has 1 aliphatic heterocycles. The summed E-state index contributed by atoms with van der Waals surface area (Å²) in [5.41, 5.74) is 6.93. The van der Waals surface area contributed by atoms with E-state index in [1.54, 1.807) is 0 Å². The minimum Gasteiger partial charge on any atom is -0.494 e. The van der Waals surface area contributed by atoms with E-state index in [4.69, 9.17) is 4.74 Å². The van der Waals surface area contributed by atoms with Crippen LogP contribution in [-0.4, -0.2) is 12.5 Å². The van der Waals surface area contributed by atoms with Crippen molar-refractivity contribution in [3.8, 4) is 5.75 Å². The molecule has 0 spiro atoms. The minimum absolute atomic E-state index is 0.0142. The number of nitrogens with one attached hydrogen (secondary N) is 2. The molecule has 0 saturated carbocycles. The van der Waals surface area contributed by atoms with Gasteiger partial charge in [0.05, 0.1) is 12.0 Å². The van der Waals surface area contributed by atoms with Crippen LogP contribution in [0.15, 0.2) is 30.0 Å². The Hall–Kier alpha value is -1.97. The van der Waals surface area contributed by atoms with Gasteiger partial charge in [-0.25, -0.2) is 0 Å². The third-order valence-corrected chi connectivity index (χ3v) is 3.05. The summed E-state index contributed by atoms with van der Waals surface area (Å²) in [6, 6.07) is 7.79. The van der Waals surface area contributed by atoms with E-state index < -0.39 is 5.41 Å². The van der Waals surface area contributed by atoms with E-state index in [1.807, 2.05) is 51.1 Å². The van der Waals surface area contributed by atoms with Crippen molar-refractivity contribution in [1.29, 1.82) is 0 Å². The highest BCUT2D eigenvalue weighted by molar-refractivity contribution is 5.89. The summed E-state index contributed by atoms with van der Waals surface area (Å²) in [4.78, 5) is 11.6. The van der Waals surface area contributed by atoms with E-state index in [9.17, 15) is 4.79 Å². The molecule has 0 bridgehead atoms. The molecule has 1 heterocycles. The van der Waals surface area contributed by atoms with Crippen molar-refractivity contribution in [2.24, 2.45) is 5.41 Å². The average molecular weight is 246 g/mol. The van der Waals surface area contributed by atoms with Crippen molar-refractivity contribution in [1.82, 2.24) is 10.9 Å². The molecule has 1 saturated heterocycles. The molecule has 1 amide bonds. The van der Waals surface area contributed by atoms with Crippen LogP contribution >= 0.6 is 0 Å². The van der Waals surface area contributed by atoms with Gasteiger partial charge in [-0.15, -0.1) is 0 Å². The maximum Gasteiger partial charge on any atom is 0.249 e. The summed E-state index contributed by atoms with van der Waals surface area (Å²) < 4.78 is 5.39. The second-order valence-electron chi connectivity index (χ2n) is 4.76. The van der Waals surface area contributed by atoms with E-state index in [2.05, 4.69) is 10.9 Å². The number of carbonyl (C=O) groups excluding carboxylic acids is 1. The number of carbonyl (C=O) groups is 1. The molecule has 18 heavy (non-hydrogen) atoms. The quantitative estimate of drug-likeness (QED) is 0.858. The molecule has 4 heteroatoms. The van der Waals surface area contributed by atoms with Gasteiger partial charge in [-0.05, 0) is 44.5 Å². The van der Waals surface area contributed by atoms with E-state index in [1.165, 1.54) is 0 Å². The van der Waals surface area contributed by atoms with Crippen LogP contribution in [0.2, 0.25) is 0 Å². The van der Waals surface area contributed by atoms with Gasteiger partial charge in [-0.1, -0.05) is 12.1 Å². The molecule has 0 unspecified atom stereocenters. The smallest absolute Gasteiger partial charge is 0.249 e. The minimum atomic E-state index is -0.515. The predicted molar refractivity (Wildman–Crippen MR) is 70.6 cm³/mol. The van der Waals surface area contributed by atoms with Gasteiger partial charge in [-0.3, -0.25) is 10.2 Å². The van der Waals surface area contributed by atoms with E-state index in [0.29, 0.717) is 6.61 Å². The van der Waals surface area contributed by atoms with E-state index in [-0.39, 0.29) is 5.91 Å². The molecule has 0 atom stereocenters. The zero-order chi connectivity index (χ0) is 13.2. The highest BCUT2D eigenvalue weighted by atomic mass is 16.5. The van der Waals surface area contributed by atoms with Crippen molar-refractivity contribution in [3.05, 3.63) is 35.5 Å². The molecule has 1 aromatic rings. The molecular weight excluding hydrogens is 228 g/mol. The van der Waals surface area contributed by atoms with Crippen molar-refractivity contribution in [3.63, 3.8) is 0 Å². The normalized spacial score (nSPS) is 19.5. The first-order valence-electron chi connectivity index (χ1n) is 6.05. The van der Waals surface area contributed by atoms with Crippen molar-refractivity contribution >= 4 is 12.0 Å². The molecule has 0 radical (unpaired) electrons. The number of rotatable bonds is 3. The Morgan fingerprint density at radius 1 is 1.22 bits per heavy atom. The van der Waals surface area contributed by atoms with E-state index in [0.717, 1.165) is 17.0 Å². The van der Waals surface area contributed by atoms with Crippen molar-refractivity contribution in [2.45, 2.75) is 20.8 Å². The second-order valence-corrected chi connectivity index (χ2v) is 4.76. The lowest BCUT2D eigenvalue weighted by Crippen LogP contribution is -2.28. The van der Waals surface area contributed by atoms with Crippen LogP contribution in [0, 0.1) is 5.41 Å². The largest absolute Gasteiger partial charge is 0.494 e. The van der Waals surface area contributed by atoms with Crippen LogP contribution < -0.4 is 15.6 Å². The first kappa shape index (κ1) is 12.5. The molecule has 0 aliphatic carbocycles. The Kier molecular flexibility index (Phi) is 3.28. The maximum atomic E-state index is 11.6. The summed E-state index contributed by atoms with van der Waals surface area (Å²) in [5.74, 6) is 0.840. The van der Waals surface area contributed by atoms with Crippen LogP contribution in [0.5, 0.6) is 5.75 Å². The third kappa shape index (κ3) is 2.32. The van der Waals surface area contributed by atoms with Crippen molar-refractivity contribution in [2.75, 3.05) is 6.61 Å². The number of ether oxygens (including phenoxy) is 1. The lowest BCUT2D eigenvalue weighted by atomic mass is 9.89. The number of hydrogen-bond acceptors (Lipinski definition) is 3. The number of benzene rings is 1. The zero-order valence-electron chi connectivity index (χ0n) is 10.9. The fourth-order valence-corrected chi connectivity index (χ4v) is 1.77. The Labute approximate surface area is 107 Å². The van der Waals surface area contributed by atoms with Crippen LogP contribution in [-0.2, 0) is 4.79 Å². The lowest BCUT2D eigenvalue weighted by Gasteiger charge is -2.14. The Morgan fingerprint density at radius 2 is 1.89 bits per heavy atom. The molecule has 2 rings (SSSR count). The van der Waals surface area contributed by atoms with Gasteiger partial charge in [0.2, 0.25) is 5.91 Å². The predicted octanol–water partition coefficient (Wildman–Crippen LogP) is 2.09. The number of hydrogen-bond donors (Lipinski definition) is 2. The summed E-state index contributed by atoms with van der Waals surface area (Å²) in [5, 5.41) is 0. The standard InChI is InChI=1S/C14H18N2O2/c1-4-18-11-7-5-10(6-8-11)9-12-14(2,3)13(17)16-15-12/h5-9,15H,4H2,1-3H3,(H,16,17)/b12-9-. The molecular formula is C14H18N2O2. The first-order chi connectivity index (χ1) is 8.54. The second kappa shape index (κ2) is 4.72. The molecule has 1 aliphatic rings. The summed E-state index contributed by atoms with van der Waals surface area (Å²) in [7, 11) is 0. The molecule has 2 N–H and O–H groups in total. The molecule has 4 nitrogen and oxygen atoms in total. The van der Waals surface area contributed by atoms with Crippen molar-refractivity contribution < 1.29 is 9.53 Å². The van der Waals surface area contributed by atoms with Gasteiger partial charge < -0.3 is 10.2 Å². The van der Waals surface area contributed by atoms with Crippen LogP contribution in [0.4, 0.5) is 0 Å². The van der Waals surface area contributed by atoms with Gasteiger partial charge >= 0.3 is 0 Å². The SMILES string of the molecule is CCOc1ccc(/C=C2\NNC(=O)C2(C)C)cc1. The monoisotopic (exact) mass is 246 g/mol. The summed E-state index contributed by atoms with van der Waals surface area (Å²) >= 11 is 0. The fourth-order valence-electron chi connectivity index (χ4n) is 1.77. The van der Waals surface area contributed by atoms with Gasteiger partial charge in [0.1, 0.15) is 5.75 Å². The Bertz CT molecular complexity index is 475. The third-order valence-electron chi connectivity index (χ3n) is 3.05. The maximum absolute atomic E-state index is 11.6. The summed E-state index contributed by atoms with van der Waals surface area (Å²) in [6.45, 7) is 6.40. The lowest BCUT2D eigenvalue weighted by molar-refractivity contribution is -0.125. The first-order valence-corrected chi connectivity index (χ1v) is 6.05. The number of hydrazine groups is 1. The molecule has 96 valence electrons. The van der Waals surface area contributed by atoms with Gasteiger partial charge in [0.25, 0.3) is 0 Å². The Balaban J connectivity index is 2.20. The molecule has 1 aromatic carbocycles. The zero-order valence-corrected chi connectivity index (χ0v) is 10.9. The van der Waals surface area contributed by atoms with Crippen LogP contribution in [0.3, 0.4) is 0 Å². The highest BCUT2D eigenvalue weighted by Gasteiger charge is 2.37. The van der Waals surface area contributed by atoms with Crippen LogP contribution in [0.25, 0.3) is 6.08 Å². The van der Waals surface area contributed by atoms with Gasteiger partial charge in [0, 0.05) is 5.70 Å². The highest BCUT2D eigenvalue weighted by Crippen LogP contribution is 2.29. The average Bonchev–Trinajstić information content (AvgIpc) is 2.59. The number of amides is 1. The fraction of sp³-hybridized carbons (Fsp3) is 0.357. The van der Waals surface area contributed by atoms with E-state index >= 15 is 0 Å². The summed E-state index contributed by atoms with van der Waals surface area (Å²) in [6.07, 6.45) is 1.97. The molecule has 1 fully saturated rings. The molecule has 0 aromatic heterocycles. The van der Waals surface area contributed by atoms with Crippen LogP contribution in [0.1, 0.15) is 26.3 Å². The Morgan fingerprint density at radius 3 is 2.39 bits per heavy atom.